The van der Waals surface area contributed by atoms with E-state index in [1.54, 1.807) is 0 Å². The maximum atomic E-state index is 12.1. The first kappa shape index (κ1) is 14.3. The number of aryl methyl sites for hydroxylation is 2. The van der Waals surface area contributed by atoms with Gasteiger partial charge in [-0.15, -0.1) is 0 Å². The number of pyridine rings is 1. The lowest BCUT2D eigenvalue weighted by atomic mass is 10.1. The van der Waals surface area contributed by atoms with E-state index in [9.17, 15) is 10.1 Å². The molecule has 20 heavy (non-hydrogen) atoms. The van der Waals surface area contributed by atoms with Crippen molar-refractivity contribution >= 4 is 11.7 Å². The standard InChI is InChI=1S/C15H20N4O/c1-11-8-12(2)18-15(13(11)9-16)17-10-14(20)19-6-4-3-5-7-19/h8H,3-7,10H2,1-2H3,(H,17,18). The Morgan fingerprint density at radius 2 is 2.10 bits per heavy atom. The van der Waals surface area contributed by atoms with Crippen LogP contribution in [0.4, 0.5) is 5.82 Å². The lowest BCUT2D eigenvalue weighted by Crippen LogP contribution is -2.39. The van der Waals surface area contributed by atoms with Gasteiger partial charge in [0.25, 0.3) is 0 Å². The number of carbonyl (C=O) groups excluding carboxylic acids is 1. The molecule has 5 nitrogen and oxygen atoms in total. The van der Waals surface area contributed by atoms with Gasteiger partial charge in [0, 0.05) is 18.8 Å². The van der Waals surface area contributed by atoms with E-state index < -0.39 is 0 Å². The number of amides is 1. The van der Waals surface area contributed by atoms with Crippen LogP contribution in [0.3, 0.4) is 0 Å². The van der Waals surface area contributed by atoms with E-state index in [2.05, 4.69) is 16.4 Å². The number of carbonyl (C=O) groups is 1. The normalized spacial score (nSPS) is 14.8. The summed E-state index contributed by atoms with van der Waals surface area (Å²) in [5.41, 5.74) is 2.24. The summed E-state index contributed by atoms with van der Waals surface area (Å²) in [5, 5.41) is 12.2. The molecular weight excluding hydrogens is 252 g/mol. The predicted octanol–water partition coefficient (Wildman–Crippen LogP) is 1.99. The average Bonchev–Trinajstić information content (AvgIpc) is 2.45. The lowest BCUT2D eigenvalue weighted by molar-refractivity contribution is -0.130. The van der Waals surface area contributed by atoms with Crippen LogP contribution >= 0.6 is 0 Å². The first-order valence-corrected chi connectivity index (χ1v) is 7.02. The summed E-state index contributed by atoms with van der Waals surface area (Å²) in [5.74, 6) is 0.588. The molecule has 0 saturated carbocycles. The van der Waals surface area contributed by atoms with Gasteiger partial charge >= 0.3 is 0 Å². The minimum absolute atomic E-state index is 0.0783. The fourth-order valence-electron chi connectivity index (χ4n) is 2.52. The van der Waals surface area contributed by atoms with Crippen molar-refractivity contribution in [1.29, 1.82) is 5.26 Å². The van der Waals surface area contributed by atoms with Crippen LogP contribution in [-0.2, 0) is 4.79 Å². The molecule has 2 heterocycles. The van der Waals surface area contributed by atoms with Crippen LogP contribution < -0.4 is 5.32 Å². The highest BCUT2D eigenvalue weighted by molar-refractivity contribution is 5.81. The maximum absolute atomic E-state index is 12.1. The average molecular weight is 272 g/mol. The SMILES string of the molecule is Cc1cc(C)c(C#N)c(NCC(=O)N2CCCCC2)n1. The van der Waals surface area contributed by atoms with Crippen molar-refractivity contribution < 1.29 is 4.79 Å². The zero-order chi connectivity index (χ0) is 14.5. The third-order valence-electron chi connectivity index (χ3n) is 3.57. The van der Waals surface area contributed by atoms with Gasteiger partial charge in [-0.1, -0.05) is 0 Å². The van der Waals surface area contributed by atoms with Gasteiger partial charge in [-0.25, -0.2) is 4.98 Å². The number of anilines is 1. The molecule has 1 aliphatic rings. The highest BCUT2D eigenvalue weighted by Gasteiger charge is 2.17. The van der Waals surface area contributed by atoms with Crippen LogP contribution in [0.15, 0.2) is 6.07 Å². The van der Waals surface area contributed by atoms with Gasteiger partial charge in [0.05, 0.1) is 12.1 Å². The number of piperidine rings is 1. The van der Waals surface area contributed by atoms with Crippen LogP contribution in [0.1, 0.15) is 36.1 Å². The maximum Gasteiger partial charge on any atom is 0.241 e. The van der Waals surface area contributed by atoms with Crippen molar-refractivity contribution in [2.75, 3.05) is 25.0 Å². The van der Waals surface area contributed by atoms with E-state index in [0.717, 1.165) is 37.2 Å². The molecule has 0 aliphatic carbocycles. The van der Waals surface area contributed by atoms with Gasteiger partial charge in [-0.05, 0) is 44.7 Å². The number of hydrogen-bond acceptors (Lipinski definition) is 4. The molecule has 1 fully saturated rings. The van der Waals surface area contributed by atoms with Crippen molar-refractivity contribution in [1.82, 2.24) is 9.88 Å². The van der Waals surface area contributed by atoms with Gasteiger partial charge < -0.3 is 10.2 Å². The molecule has 1 aliphatic heterocycles. The van der Waals surface area contributed by atoms with E-state index >= 15 is 0 Å². The Morgan fingerprint density at radius 3 is 2.75 bits per heavy atom. The number of rotatable bonds is 3. The molecule has 1 N–H and O–H groups in total. The largest absolute Gasteiger partial charge is 0.360 e. The fraction of sp³-hybridized carbons (Fsp3) is 0.533. The summed E-state index contributed by atoms with van der Waals surface area (Å²) in [4.78, 5) is 18.3. The number of likely N-dealkylation sites (tertiary alicyclic amines) is 1. The fourth-order valence-corrected chi connectivity index (χ4v) is 2.52. The Bertz CT molecular complexity index is 542. The molecule has 0 spiro atoms. The van der Waals surface area contributed by atoms with E-state index in [0.29, 0.717) is 11.4 Å². The molecule has 0 atom stereocenters. The molecular formula is C15H20N4O. The van der Waals surface area contributed by atoms with E-state index in [4.69, 9.17) is 0 Å². The minimum atomic E-state index is 0.0783. The van der Waals surface area contributed by atoms with Crippen molar-refractivity contribution in [2.45, 2.75) is 33.1 Å². The van der Waals surface area contributed by atoms with E-state index in [1.165, 1.54) is 6.42 Å². The molecule has 1 amide bonds. The summed E-state index contributed by atoms with van der Waals surface area (Å²) >= 11 is 0. The Labute approximate surface area is 119 Å². The number of hydrogen-bond donors (Lipinski definition) is 1. The first-order chi connectivity index (χ1) is 9.61. The summed E-state index contributed by atoms with van der Waals surface area (Å²) < 4.78 is 0. The molecule has 1 saturated heterocycles. The van der Waals surface area contributed by atoms with Crippen LogP contribution in [0.5, 0.6) is 0 Å². The molecule has 1 aromatic rings. The van der Waals surface area contributed by atoms with Crippen LogP contribution in [-0.4, -0.2) is 35.4 Å². The van der Waals surface area contributed by atoms with Crippen LogP contribution in [0, 0.1) is 25.2 Å². The third-order valence-corrected chi connectivity index (χ3v) is 3.57. The summed E-state index contributed by atoms with van der Waals surface area (Å²) in [7, 11) is 0. The molecule has 1 aromatic heterocycles. The van der Waals surface area contributed by atoms with Gasteiger partial charge in [-0.3, -0.25) is 4.79 Å². The number of aromatic nitrogens is 1. The van der Waals surface area contributed by atoms with Gasteiger partial charge in [-0.2, -0.15) is 5.26 Å². The van der Waals surface area contributed by atoms with Gasteiger partial charge in [0.15, 0.2) is 0 Å². The quantitative estimate of drug-likeness (QED) is 0.913. The van der Waals surface area contributed by atoms with Gasteiger partial charge in [0.1, 0.15) is 11.9 Å². The molecule has 2 rings (SSSR count). The summed E-state index contributed by atoms with van der Waals surface area (Å²) in [6, 6.07) is 4.02. The molecule has 0 bridgehead atoms. The molecule has 106 valence electrons. The molecule has 0 radical (unpaired) electrons. The number of nitriles is 1. The minimum Gasteiger partial charge on any atom is -0.360 e. The van der Waals surface area contributed by atoms with E-state index in [1.807, 2.05) is 24.8 Å². The summed E-state index contributed by atoms with van der Waals surface area (Å²) in [6.07, 6.45) is 3.36. The lowest BCUT2D eigenvalue weighted by Gasteiger charge is -2.26. The third kappa shape index (κ3) is 3.27. The van der Waals surface area contributed by atoms with Crippen molar-refractivity contribution in [3.8, 4) is 6.07 Å². The highest BCUT2D eigenvalue weighted by atomic mass is 16.2. The zero-order valence-corrected chi connectivity index (χ0v) is 12.1. The molecule has 0 aromatic carbocycles. The molecule has 0 unspecified atom stereocenters. The van der Waals surface area contributed by atoms with E-state index in [-0.39, 0.29) is 12.5 Å². The zero-order valence-electron chi connectivity index (χ0n) is 12.1. The monoisotopic (exact) mass is 272 g/mol. The Balaban J connectivity index is 2.03. The van der Waals surface area contributed by atoms with Crippen LogP contribution in [0.2, 0.25) is 0 Å². The van der Waals surface area contributed by atoms with Crippen molar-refractivity contribution in [2.24, 2.45) is 0 Å². The second-order valence-corrected chi connectivity index (χ2v) is 5.21. The van der Waals surface area contributed by atoms with Crippen molar-refractivity contribution in [3.63, 3.8) is 0 Å². The topological polar surface area (TPSA) is 69.0 Å². The Kier molecular flexibility index (Phi) is 4.57. The van der Waals surface area contributed by atoms with Crippen molar-refractivity contribution in [3.05, 3.63) is 22.9 Å². The Morgan fingerprint density at radius 1 is 1.40 bits per heavy atom. The van der Waals surface area contributed by atoms with Crippen LogP contribution in [0.25, 0.3) is 0 Å². The highest BCUT2D eigenvalue weighted by Crippen LogP contribution is 2.17. The number of nitrogens with one attached hydrogen (secondary N) is 1. The second-order valence-electron chi connectivity index (χ2n) is 5.21. The summed E-state index contributed by atoms with van der Waals surface area (Å²) in [6.45, 7) is 5.64. The van der Waals surface area contributed by atoms with Gasteiger partial charge in [0.2, 0.25) is 5.91 Å². The first-order valence-electron chi connectivity index (χ1n) is 7.02. The number of nitrogens with zero attached hydrogens (tertiary/aromatic N) is 3. The second kappa shape index (κ2) is 6.38. The Hall–Kier alpha value is -2.09. The predicted molar refractivity (Wildman–Crippen MR) is 77.3 cm³/mol. The smallest absolute Gasteiger partial charge is 0.241 e. The molecule has 5 heteroatoms.